The number of hydrogen-bond acceptors (Lipinski definition) is 5. The summed E-state index contributed by atoms with van der Waals surface area (Å²) in [6.45, 7) is 0.546. The molecule has 2 N–H and O–H groups in total. The zero-order chi connectivity index (χ0) is 21.4. The zero-order valence-electron chi connectivity index (χ0n) is 16.8. The third-order valence-electron chi connectivity index (χ3n) is 6.02. The van der Waals surface area contributed by atoms with Crippen LogP contribution in [0.15, 0.2) is 45.9 Å². The summed E-state index contributed by atoms with van der Waals surface area (Å²) >= 11 is 6.24. The molecule has 0 spiro atoms. The van der Waals surface area contributed by atoms with Crippen LogP contribution in [-0.4, -0.2) is 33.8 Å². The summed E-state index contributed by atoms with van der Waals surface area (Å²) in [6.07, 6.45) is 9.74. The smallest absolute Gasteiger partial charge is 0.412 e. The Morgan fingerprint density at radius 2 is 2.13 bits per heavy atom. The van der Waals surface area contributed by atoms with Crippen LogP contribution in [0.25, 0.3) is 11.8 Å². The Balaban J connectivity index is 1.45. The maximum atomic E-state index is 11.9. The molecule has 2 aliphatic heterocycles. The van der Waals surface area contributed by atoms with E-state index < -0.39 is 6.09 Å². The van der Waals surface area contributed by atoms with Gasteiger partial charge in [-0.05, 0) is 50.0 Å². The van der Waals surface area contributed by atoms with Gasteiger partial charge in [0.1, 0.15) is 5.75 Å². The number of azo groups is 1. The fourth-order valence-electron chi connectivity index (χ4n) is 4.56. The molecule has 9 heteroatoms. The maximum absolute atomic E-state index is 11.9. The van der Waals surface area contributed by atoms with E-state index in [1.165, 1.54) is 4.90 Å². The molecular formula is C22H22ClN5O3. The van der Waals surface area contributed by atoms with Gasteiger partial charge in [-0.3, -0.25) is 9.88 Å². The number of aromatic nitrogens is 2. The standard InChI is InChI=1S/C22H22ClN5O3/c23-14-7-9-28(22(29)30)21-17-12-25-27-19(20(17)26-18(21)10-14)13-3-5-15(6-4-13)31-16-2-1-8-24-11-16/h1-2,7-8,10-11,13,15,26H,3-6,9,12H2,(H,29,30). The minimum Gasteiger partial charge on any atom is -0.489 e. The Kier molecular flexibility index (Phi) is 5.23. The van der Waals surface area contributed by atoms with Crippen molar-refractivity contribution >= 4 is 35.2 Å². The lowest BCUT2D eigenvalue weighted by molar-refractivity contribution is 0.142. The quantitative estimate of drug-likeness (QED) is 0.763. The highest BCUT2D eigenvalue weighted by atomic mass is 35.5. The molecule has 1 saturated carbocycles. The number of rotatable bonds is 3. The molecule has 2 aromatic heterocycles. The number of ether oxygens (including phenoxy) is 1. The van der Waals surface area contributed by atoms with E-state index in [0.717, 1.165) is 48.0 Å². The average Bonchev–Trinajstić information content (AvgIpc) is 3.03. The molecule has 1 aliphatic carbocycles. The number of carboxylic acid groups (broad SMARTS) is 1. The fourth-order valence-corrected chi connectivity index (χ4v) is 4.74. The molecule has 0 unspecified atom stereocenters. The first-order chi connectivity index (χ1) is 15.1. The number of amides is 1. The lowest BCUT2D eigenvalue weighted by atomic mass is 9.84. The molecule has 3 aliphatic rings. The van der Waals surface area contributed by atoms with E-state index in [1.807, 2.05) is 12.1 Å². The summed E-state index contributed by atoms with van der Waals surface area (Å²) in [4.78, 5) is 20.7. The van der Waals surface area contributed by atoms with Crippen LogP contribution in [0.3, 0.4) is 0 Å². The van der Waals surface area contributed by atoms with Crippen LogP contribution in [0, 0.1) is 5.92 Å². The van der Waals surface area contributed by atoms with Crippen LogP contribution in [0.2, 0.25) is 0 Å². The van der Waals surface area contributed by atoms with Crippen LogP contribution in [-0.2, 0) is 6.54 Å². The molecule has 0 atom stereocenters. The summed E-state index contributed by atoms with van der Waals surface area (Å²) in [5, 5.41) is 20.6. The van der Waals surface area contributed by atoms with Gasteiger partial charge in [-0.1, -0.05) is 11.6 Å². The number of allylic oxidation sites excluding steroid dienone is 1. The van der Waals surface area contributed by atoms with Gasteiger partial charge in [-0.2, -0.15) is 10.2 Å². The average molecular weight is 440 g/mol. The number of fused-ring (bicyclic) bond motifs is 3. The van der Waals surface area contributed by atoms with Gasteiger partial charge in [0, 0.05) is 29.3 Å². The van der Waals surface area contributed by atoms with Gasteiger partial charge >= 0.3 is 6.09 Å². The second kappa shape index (κ2) is 8.19. The summed E-state index contributed by atoms with van der Waals surface area (Å²) < 4.78 is 6.06. The van der Waals surface area contributed by atoms with Crippen molar-refractivity contribution in [1.29, 1.82) is 0 Å². The van der Waals surface area contributed by atoms with Gasteiger partial charge < -0.3 is 14.8 Å². The minimum absolute atomic E-state index is 0.154. The highest BCUT2D eigenvalue weighted by Crippen LogP contribution is 2.34. The third-order valence-corrected chi connectivity index (χ3v) is 6.28. The Morgan fingerprint density at radius 3 is 2.87 bits per heavy atom. The molecule has 1 fully saturated rings. The lowest BCUT2D eigenvalue weighted by Crippen LogP contribution is -2.33. The van der Waals surface area contributed by atoms with Gasteiger partial charge in [-0.15, -0.1) is 0 Å². The molecule has 2 aromatic rings. The zero-order valence-corrected chi connectivity index (χ0v) is 17.5. The number of hydrogen-bond donors (Lipinski definition) is 2. The van der Waals surface area contributed by atoms with Crippen molar-refractivity contribution in [3.05, 3.63) is 51.9 Å². The molecule has 0 aromatic carbocycles. The van der Waals surface area contributed by atoms with Gasteiger partial charge in [0.2, 0.25) is 0 Å². The summed E-state index contributed by atoms with van der Waals surface area (Å²) in [6, 6.07) is 3.79. The highest BCUT2D eigenvalue weighted by Gasteiger charge is 2.30. The van der Waals surface area contributed by atoms with Crippen LogP contribution < -0.4 is 20.3 Å². The molecule has 160 valence electrons. The third kappa shape index (κ3) is 3.83. The summed E-state index contributed by atoms with van der Waals surface area (Å²) in [5.74, 6) is 1.03. The number of nitrogens with one attached hydrogen (secondary N) is 1. The SMILES string of the molecule is O=C(O)N1CC=C(Cl)C=c2[nH]c3c(c21)CN=NC=3C1CCC(Oc2cccnc2)CC1. The van der Waals surface area contributed by atoms with Crippen LogP contribution in [0.1, 0.15) is 31.2 Å². The Morgan fingerprint density at radius 1 is 1.29 bits per heavy atom. The van der Waals surface area contributed by atoms with Crippen LogP contribution in [0.5, 0.6) is 5.75 Å². The predicted molar refractivity (Wildman–Crippen MR) is 116 cm³/mol. The maximum Gasteiger partial charge on any atom is 0.412 e. The Labute approximate surface area is 183 Å². The van der Waals surface area contributed by atoms with E-state index in [2.05, 4.69) is 20.2 Å². The van der Waals surface area contributed by atoms with Crippen molar-refractivity contribution in [1.82, 2.24) is 9.97 Å². The molecule has 0 bridgehead atoms. The predicted octanol–water partition coefficient (Wildman–Crippen LogP) is 3.52. The van der Waals surface area contributed by atoms with Crippen molar-refractivity contribution < 1.29 is 14.6 Å². The van der Waals surface area contributed by atoms with Gasteiger partial charge in [0.05, 0.1) is 40.9 Å². The molecule has 0 radical (unpaired) electrons. The molecule has 1 amide bonds. The summed E-state index contributed by atoms with van der Waals surface area (Å²) in [7, 11) is 0. The van der Waals surface area contributed by atoms with Gasteiger partial charge in [-0.25, -0.2) is 4.79 Å². The number of H-pyrrole nitrogens is 1. The highest BCUT2D eigenvalue weighted by molar-refractivity contribution is 6.34. The monoisotopic (exact) mass is 439 g/mol. The van der Waals surface area contributed by atoms with Crippen molar-refractivity contribution in [2.45, 2.75) is 38.3 Å². The lowest BCUT2D eigenvalue weighted by Gasteiger charge is -2.29. The van der Waals surface area contributed by atoms with E-state index >= 15 is 0 Å². The molecular weight excluding hydrogens is 418 g/mol. The largest absolute Gasteiger partial charge is 0.489 e. The Bertz CT molecular complexity index is 1180. The fraction of sp³-hybridized carbons (Fsp3) is 0.364. The van der Waals surface area contributed by atoms with Crippen molar-refractivity contribution in [2.75, 3.05) is 11.4 Å². The van der Waals surface area contributed by atoms with Crippen molar-refractivity contribution in [2.24, 2.45) is 16.1 Å². The molecule has 31 heavy (non-hydrogen) atoms. The van der Waals surface area contributed by atoms with Crippen LogP contribution >= 0.6 is 11.6 Å². The number of pyridine rings is 1. The van der Waals surface area contributed by atoms with E-state index in [4.69, 9.17) is 16.3 Å². The van der Waals surface area contributed by atoms with Gasteiger partial charge in [0.25, 0.3) is 0 Å². The Hall–Kier alpha value is -3.13. The van der Waals surface area contributed by atoms with E-state index in [9.17, 15) is 9.90 Å². The van der Waals surface area contributed by atoms with Crippen LogP contribution in [0.4, 0.5) is 10.5 Å². The number of aromatic amines is 1. The van der Waals surface area contributed by atoms with Gasteiger partial charge in [0.15, 0.2) is 0 Å². The first-order valence-corrected chi connectivity index (χ1v) is 10.7. The van der Waals surface area contributed by atoms with Crippen molar-refractivity contribution in [3.63, 3.8) is 0 Å². The minimum atomic E-state index is -1.02. The number of anilines is 1. The normalized spacial score (nSPS) is 22.7. The van der Waals surface area contributed by atoms with E-state index in [-0.39, 0.29) is 18.6 Å². The molecule has 4 heterocycles. The summed E-state index contributed by atoms with van der Waals surface area (Å²) in [5.41, 5.74) is 2.39. The number of halogens is 1. The molecule has 5 rings (SSSR count). The van der Waals surface area contributed by atoms with E-state index in [1.54, 1.807) is 24.5 Å². The molecule has 0 saturated heterocycles. The number of nitrogens with zero attached hydrogens (tertiary/aromatic N) is 4. The second-order valence-corrected chi connectivity index (χ2v) is 8.37. The van der Waals surface area contributed by atoms with Crippen molar-refractivity contribution in [3.8, 4) is 5.75 Å². The second-order valence-electron chi connectivity index (χ2n) is 7.93. The first kappa shape index (κ1) is 19.8. The number of carbonyl (C=O) groups is 1. The molecule has 8 nitrogen and oxygen atoms in total. The first-order valence-electron chi connectivity index (χ1n) is 10.4. The van der Waals surface area contributed by atoms with E-state index in [0.29, 0.717) is 22.6 Å². The topological polar surface area (TPSA) is 103 Å².